The SMILES string of the molecule is Cc1ccc(Oc2nc(N3CCN(C)CC3)nc3c2CN(S(=O)(=O)c2ccccc2)CC3)cc1. The standard InChI is InChI=1S/C25H29N5O3S/c1-19-8-10-20(11-9-19)33-24-22-18-30(34(31,32)21-6-4-3-5-7-21)13-12-23(22)26-25(27-24)29-16-14-28(2)15-17-29/h3-11H,12-18H2,1-2H3. The van der Waals surface area contributed by atoms with E-state index in [1.54, 1.807) is 24.3 Å². The average molecular weight is 480 g/mol. The summed E-state index contributed by atoms with van der Waals surface area (Å²) in [6, 6.07) is 16.3. The van der Waals surface area contributed by atoms with Crippen LogP contribution in [-0.2, 0) is 23.0 Å². The largest absolute Gasteiger partial charge is 0.439 e. The van der Waals surface area contributed by atoms with Crippen LogP contribution in [0.15, 0.2) is 59.5 Å². The number of benzene rings is 2. The van der Waals surface area contributed by atoms with Crippen LogP contribution < -0.4 is 9.64 Å². The van der Waals surface area contributed by atoms with Crippen molar-refractivity contribution in [3.05, 3.63) is 71.4 Å². The molecule has 1 saturated heterocycles. The van der Waals surface area contributed by atoms with Gasteiger partial charge >= 0.3 is 0 Å². The average Bonchev–Trinajstić information content (AvgIpc) is 2.86. The van der Waals surface area contributed by atoms with E-state index in [1.807, 2.05) is 37.3 Å². The molecule has 0 spiro atoms. The number of aromatic nitrogens is 2. The molecule has 3 heterocycles. The van der Waals surface area contributed by atoms with Crippen molar-refractivity contribution in [2.45, 2.75) is 24.8 Å². The Morgan fingerprint density at radius 2 is 1.59 bits per heavy atom. The van der Waals surface area contributed by atoms with E-state index in [0.29, 0.717) is 30.5 Å². The Balaban J connectivity index is 1.51. The number of rotatable bonds is 5. The highest BCUT2D eigenvalue weighted by Crippen LogP contribution is 2.33. The summed E-state index contributed by atoms with van der Waals surface area (Å²) < 4.78 is 34.3. The summed E-state index contributed by atoms with van der Waals surface area (Å²) in [6.07, 6.45) is 0.509. The van der Waals surface area contributed by atoms with Crippen LogP contribution in [0.4, 0.5) is 5.95 Å². The molecule has 1 fully saturated rings. The number of aryl methyl sites for hydroxylation is 1. The van der Waals surface area contributed by atoms with Gasteiger partial charge < -0.3 is 14.5 Å². The monoisotopic (exact) mass is 479 g/mol. The number of hydrogen-bond donors (Lipinski definition) is 0. The van der Waals surface area contributed by atoms with Crippen LogP contribution in [0.1, 0.15) is 16.8 Å². The second-order valence-electron chi connectivity index (χ2n) is 8.86. The van der Waals surface area contributed by atoms with Gasteiger partial charge in [0.15, 0.2) is 0 Å². The fraction of sp³-hybridized carbons (Fsp3) is 0.360. The van der Waals surface area contributed by atoms with Gasteiger partial charge in [-0.15, -0.1) is 0 Å². The van der Waals surface area contributed by atoms with Crippen molar-refractivity contribution in [1.29, 1.82) is 0 Å². The molecule has 178 valence electrons. The zero-order chi connectivity index (χ0) is 23.7. The van der Waals surface area contributed by atoms with Gasteiger partial charge in [0.2, 0.25) is 21.9 Å². The molecular weight excluding hydrogens is 450 g/mol. The summed E-state index contributed by atoms with van der Waals surface area (Å²) in [7, 11) is -1.52. The van der Waals surface area contributed by atoms with Crippen LogP contribution in [0, 0.1) is 6.92 Å². The van der Waals surface area contributed by atoms with Gasteiger partial charge in [-0.25, -0.2) is 13.4 Å². The lowest BCUT2D eigenvalue weighted by Gasteiger charge is -2.34. The quantitative estimate of drug-likeness (QED) is 0.556. The van der Waals surface area contributed by atoms with Gasteiger partial charge in [-0.05, 0) is 38.2 Å². The third-order valence-electron chi connectivity index (χ3n) is 6.38. The van der Waals surface area contributed by atoms with E-state index in [2.05, 4.69) is 16.8 Å². The van der Waals surface area contributed by atoms with Crippen molar-refractivity contribution in [3.63, 3.8) is 0 Å². The van der Waals surface area contributed by atoms with Gasteiger partial charge in [-0.1, -0.05) is 35.9 Å². The molecule has 2 aliphatic heterocycles. The normalized spacial score (nSPS) is 17.4. The molecule has 0 saturated carbocycles. The number of piperazine rings is 1. The minimum Gasteiger partial charge on any atom is -0.439 e. The van der Waals surface area contributed by atoms with E-state index in [9.17, 15) is 8.42 Å². The van der Waals surface area contributed by atoms with Crippen LogP contribution in [0.25, 0.3) is 0 Å². The van der Waals surface area contributed by atoms with Gasteiger partial charge in [0, 0.05) is 45.7 Å². The summed E-state index contributed by atoms with van der Waals surface area (Å²) in [5.74, 6) is 1.74. The molecule has 1 aromatic heterocycles. The zero-order valence-corrected chi connectivity index (χ0v) is 20.3. The molecule has 0 aliphatic carbocycles. The fourth-order valence-electron chi connectivity index (χ4n) is 4.24. The van der Waals surface area contributed by atoms with E-state index in [0.717, 1.165) is 43.0 Å². The number of anilines is 1. The molecule has 8 nitrogen and oxygen atoms in total. The second-order valence-corrected chi connectivity index (χ2v) is 10.8. The lowest BCUT2D eigenvalue weighted by Crippen LogP contribution is -2.45. The molecule has 5 rings (SSSR count). The van der Waals surface area contributed by atoms with Gasteiger partial charge in [0.05, 0.1) is 16.2 Å². The molecule has 0 amide bonds. The molecule has 0 bridgehead atoms. The zero-order valence-electron chi connectivity index (χ0n) is 19.5. The number of nitrogens with zero attached hydrogens (tertiary/aromatic N) is 5. The third kappa shape index (κ3) is 4.64. The van der Waals surface area contributed by atoms with E-state index in [4.69, 9.17) is 14.7 Å². The smallest absolute Gasteiger partial charge is 0.243 e. The minimum atomic E-state index is -3.63. The second kappa shape index (κ2) is 9.32. The minimum absolute atomic E-state index is 0.177. The molecule has 3 aromatic rings. The maximum absolute atomic E-state index is 13.3. The summed E-state index contributed by atoms with van der Waals surface area (Å²) in [6.45, 7) is 6.13. The number of ether oxygens (including phenoxy) is 1. The maximum atomic E-state index is 13.3. The number of likely N-dealkylation sites (N-methyl/N-ethyl adjacent to an activating group) is 1. The van der Waals surface area contributed by atoms with E-state index >= 15 is 0 Å². The first-order valence-electron chi connectivity index (χ1n) is 11.5. The molecular formula is C25H29N5O3S. The highest BCUT2D eigenvalue weighted by molar-refractivity contribution is 7.89. The van der Waals surface area contributed by atoms with E-state index in [1.165, 1.54) is 4.31 Å². The highest BCUT2D eigenvalue weighted by atomic mass is 32.2. The van der Waals surface area contributed by atoms with Crippen molar-refractivity contribution in [3.8, 4) is 11.6 Å². The van der Waals surface area contributed by atoms with E-state index in [-0.39, 0.29) is 11.4 Å². The first kappa shape index (κ1) is 22.8. The van der Waals surface area contributed by atoms with Crippen molar-refractivity contribution < 1.29 is 13.2 Å². The highest BCUT2D eigenvalue weighted by Gasteiger charge is 2.32. The Morgan fingerprint density at radius 1 is 0.882 bits per heavy atom. The number of sulfonamides is 1. The van der Waals surface area contributed by atoms with Crippen LogP contribution in [0.5, 0.6) is 11.6 Å². The van der Waals surface area contributed by atoms with Crippen LogP contribution >= 0.6 is 0 Å². The van der Waals surface area contributed by atoms with E-state index < -0.39 is 10.0 Å². The van der Waals surface area contributed by atoms with Gasteiger partial charge in [0.1, 0.15) is 5.75 Å². The molecule has 0 N–H and O–H groups in total. The molecule has 2 aliphatic rings. The van der Waals surface area contributed by atoms with Crippen molar-refractivity contribution in [1.82, 2.24) is 19.2 Å². The van der Waals surface area contributed by atoms with Gasteiger partial charge in [0.25, 0.3) is 0 Å². The van der Waals surface area contributed by atoms with Crippen LogP contribution in [-0.4, -0.2) is 67.4 Å². The molecule has 2 aromatic carbocycles. The van der Waals surface area contributed by atoms with Crippen molar-refractivity contribution >= 4 is 16.0 Å². The third-order valence-corrected chi connectivity index (χ3v) is 8.24. The van der Waals surface area contributed by atoms with Gasteiger partial charge in [-0.3, -0.25) is 0 Å². The number of hydrogen-bond acceptors (Lipinski definition) is 7. The van der Waals surface area contributed by atoms with Crippen molar-refractivity contribution in [2.75, 3.05) is 44.7 Å². The summed E-state index contributed by atoms with van der Waals surface area (Å²) in [4.78, 5) is 14.4. The Bertz CT molecular complexity index is 1260. The molecule has 0 unspecified atom stereocenters. The lowest BCUT2D eigenvalue weighted by atomic mass is 10.1. The Labute approximate surface area is 200 Å². The first-order chi connectivity index (χ1) is 16.4. The summed E-state index contributed by atoms with van der Waals surface area (Å²) >= 11 is 0. The maximum Gasteiger partial charge on any atom is 0.243 e. The molecule has 0 radical (unpaired) electrons. The number of fused-ring (bicyclic) bond motifs is 1. The first-order valence-corrected chi connectivity index (χ1v) is 13.0. The van der Waals surface area contributed by atoms with Gasteiger partial charge in [-0.2, -0.15) is 9.29 Å². The summed E-state index contributed by atoms with van der Waals surface area (Å²) in [5.41, 5.74) is 2.71. The molecule has 9 heteroatoms. The molecule has 0 atom stereocenters. The van der Waals surface area contributed by atoms with Crippen LogP contribution in [0.3, 0.4) is 0 Å². The predicted molar refractivity (Wildman–Crippen MR) is 131 cm³/mol. The fourth-order valence-corrected chi connectivity index (χ4v) is 5.67. The Morgan fingerprint density at radius 3 is 2.29 bits per heavy atom. The molecule has 34 heavy (non-hydrogen) atoms. The predicted octanol–water partition coefficient (Wildman–Crippen LogP) is 3.08. The topological polar surface area (TPSA) is 78.9 Å². The van der Waals surface area contributed by atoms with Crippen LogP contribution in [0.2, 0.25) is 0 Å². The van der Waals surface area contributed by atoms with Crippen molar-refractivity contribution in [2.24, 2.45) is 0 Å². The summed E-state index contributed by atoms with van der Waals surface area (Å²) in [5, 5.41) is 0. The Hall–Kier alpha value is -3.01. The lowest BCUT2D eigenvalue weighted by molar-refractivity contribution is 0.310. The Kier molecular flexibility index (Phi) is 6.24.